The third kappa shape index (κ3) is 4.22. The molecule has 5 nitrogen and oxygen atoms in total. The smallest absolute Gasteiger partial charge is 0.272 e. The zero-order chi connectivity index (χ0) is 17.8. The molecule has 1 N–H and O–H groups in total. The normalized spacial score (nSPS) is 10.5. The largest absolute Gasteiger partial charge is 0.380 e. The van der Waals surface area contributed by atoms with Gasteiger partial charge in [-0.2, -0.15) is 0 Å². The Balaban J connectivity index is 1.67. The molecule has 0 saturated carbocycles. The zero-order valence-corrected chi connectivity index (χ0v) is 15.3. The van der Waals surface area contributed by atoms with Gasteiger partial charge in [-0.15, -0.1) is 11.3 Å². The van der Waals surface area contributed by atoms with Crippen LogP contribution in [0.15, 0.2) is 48.8 Å². The summed E-state index contributed by atoms with van der Waals surface area (Å²) in [5, 5.41) is 4.34. The molecule has 3 rings (SSSR count). The molecule has 0 aliphatic heterocycles. The van der Waals surface area contributed by atoms with Crippen LogP contribution in [0.4, 0.5) is 5.69 Å². The number of aryl methyl sites for hydroxylation is 1. The van der Waals surface area contributed by atoms with Gasteiger partial charge < -0.3 is 10.2 Å². The quantitative estimate of drug-likeness (QED) is 0.758. The zero-order valence-electron chi connectivity index (χ0n) is 14.5. The molecular formula is C19H20N4OS. The van der Waals surface area contributed by atoms with Crippen LogP contribution in [-0.2, 0) is 6.54 Å². The Kier molecular flexibility index (Phi) is 5.09. The van der Waals surface area contributed by atoms with E-state index in [2.05, 4.69) is 46.5 Å². The lowest BCUT2D eigenvalue weighted by atomic mass is 10.2. The molecule has 25 heavy (non-hydrogen) atoms. The van der Waals surface area contributed by atoms with Crippen molar-refractivity contribution in [2.45, 2.75) is 13.5 Å². The van der Waals surface area contributed by atoms with Crippen LogP contribution in [0.5, 0.6) is 0 Å². The van der Waals surface area contributed by atoms with Gasteiger partial charge in [0, 0.05) is 42.6 Å². The summed E-state index contributed by atoms with van der Waals surface area (Å²) in [6.07, 6.45) is 3.53. The van der Waals surface area contributed by atoms with Crippen molar-refractivity contribution in [2.24, 2.45) is 0 Å². The van der Waals surface area contributed by atoms with Crippen LogP contribution < -0.4 is 5.32 Å². The second-order valence-corrected chi connectivity index (χ2v) is 7.10. The van der Waals surface area contributed by atoms with Crippen LogP contribution in [0, 0.1) is 6.92 Å². The van der Waals surface area contributed by atoms with E-state index in [0.29, 0.717) is 12.2 Å². The number of hydrogen-bond donors (Lipinski definition) is 1. The Morgan fingerprint density at radius 3 is 2.64 bits per heavy atom. The standard InChI is InChI=1S/C19H20N4OS/c1-13-4-6-14(7-5-13)18-22-12-16(25-18)11-21-15-8-9-20-17(10-15)19(24)23(2)3/h4-10,12H,11H2,1-3H3,(H,20,21). The van der Waals surface area contributed by atoms with Gasteiger partial charge in [0.25, 0.3) is 5.91 Å². The van der Waals surface area contributed by atoms with Gasteiger partial charge >= 0.3 is 0 Å². The first-order valence-corrected chi connectivity index (χ1v) is 8.78. The lowest BCUT2D eigenvalue weighted by Gasteiger charge is -2.10. The topological polar surface area (TPSA) is 58.1 Å². The van der Waals surface area contributed by atoms with Gasteiger partial charge in [0.2, 0.25) is 0 Å². The van der Waals surface area contributed by atoms with Crippen molar-refractivity contribution in [1.29, 1.82) is 0 Å². The summed E-state index contributed by atoms with van der Waals surface area (Å²) in [7, 11) is 3.43. The molecule has 0 radical (unpaired) electrons. The van der Waals surface area contributed by atoms with Crippen molar-refractivity contribution in [3.8, 4) is 10.6 Å². The highest BCUT2D eigenvalue weighted by Gasteiger charge is 2.10. The summed E-state index contributed by atoms with van der Waals surface area (Å²) in [5.74, 6) is -0.108. The summed E-state index contributed by atoms with van der Waals surface area (Å²) < 4.78 is 0. The third-order valence-electron chi connectivity index (χ3n) is 3.70. The van der Waals surface area contributed by atoms with Crippen molar-refractivity contribution >= 4 is 22.9 Å². The number of nitrogens with zero attached hydrogens (tertiary/aromatic N) is 3. The Hall–Kier alpha value is -2.73. The van der Waals surface area contributed by atoms with E-state index in [9.17, 15) is 4.79 Å². The molecule has 0 unspecified atom stereocenters. The molecular weight excluding hydrogens is 332 g/mol. The Morgan fingerprint density at radius 2 is 1.92 bits per heavy atom. The molecule has 0 fully saturated rings. The maximum atomic E-state index is 12.0. The Morgan fingerprint density at radius 1 is 1.16 bits per heavy atom. The molecule has 0 spiro atoms. The highest BCUT2D eigenvalue weighted by Crippen LogP contribution is 2.26. The summed E-state index contributed by atoms with van der Waals surface area (Å²) in [5.41, 5.74) is 3.66. The van der Waals surface area contributed by atoms with Crippen LogP contribution in [-0.4, -0.2) is 34.9 Å². The van der Waals surface area contributed by atoms with Gasteiger partial charge in [-0.1, -0.05) is 29.8 Å². The number of amides is 1. The Bertz CT molecular complexity index is 871. The molecule has 1 amide bonds. The first-order chi connectivity index (χ1) is 12.0. The Labute approximate surface area is 151 Å². The number of anilines is 1. The number of thiazole rings is 1. The van der Waals surface area contributed by atoms with E-state index in [0.717, 1.165) is 21.1 Å². The molecule has 6 heteroatoms. The van der Waals surface area contributed by atoms with Crippen molar-refractivity contribution < 1.29 is 4.79 Å². The second kappa shape index (κ2) is 7.44. The van der Waals surface area contributed by atoms with Crippen molar-refractivity contribution in [2.75, 3.05) is 19.4 Å². The predicted molar refractivity (Wildman–Crippen MR) is 102 cm³/mol. The van der Waals surface area contributed by atoms with Crippen LogP contribution in [0.2, 0.25) is 0 Å². The highest BCUT2D eigenvalue weighted by molar-refractivity contribution is 7.15. The van der Waals surface area contributed by atoms with Gasteiger partial charge in [-0.05, 0) is 19.1 Å². The molecule has 0 atom stereocenters. The molecule has 1 aromatic carbocycles. The van der Waals surface area contributed by atoms with E-state index in [1.165, 1.54) is 10.5 Å². The minimum Gasteiger partial charge on any atom is -0.380 e. The number of nitrogens with one attached hydrogen (secondary N) is 1. The molecule has 0 saturated heterocycles. The number of pyridine rings is 1. The van der Waals surface area contributed by atoms with Crippen molar-refractivity contribution in [1.82, 2.24) is 14.9 Å². The van der Waals surface area contributed by atoms with E-state index in [1.807, 2.05) is 12.3 Å². The van der Waals surface area contributed by atoms with E-state index in [4.69, 9.17) is 0 Å². The van der Waals surface area contributed by atoms with E-state index in [1.54, 1.807) is 37.7 Å². The summed E-state index contributed by atoms with van der Waals surface area (Å²) in [6.45, 7) is 2.73. The second-order valence-electron chi connectivity index (χ2n) is 5.98. The molecule has 128 valence electrons. The fraction of sp³-hybridized carbons (Fsp3) is 0.211. The first kappa shape index (κ1) is 17.1. The van der Waals surface area contributed by atoms with Crippen LogP contribution in [0.3, 0.4) is 0 Å². The van der Waals surface area contributed by atoms with E-state index in [-0.39, 0.29) is 5.91 Å². The molecule has 0 bridgehead atoms. The van der Waals surface area contributed by atoms with Gasteiger partial charge in [0.05, 0.1) is 6.54 Å². The van der Waals surface area contributed by atoms with Gasteiger partial charge in [-0.3, -0.25) is 9.78 Å². The van der Waals surface area contributed by atoms with Crippen molar-refractivity contribution in [3.05, 3.63) is 64.9 Å². The molecule has 0 aliphatic carbocycles. The molecule has 2 aromatic heterocycles. The van der Waals surface area contributed by atoms with Crippen LogP contribution in [0.1, 0.15) is 20.9 Å². The summed E-state index contributed by atoms with van der Waals surface area (Å²) in [6, 6.07) is 12.0. The number of benzene rings is 1. The fourth-order valence-electron chi connectivity index (χ4n) is 2.29. The van der Waals surface area contributed by atoms with Crippen LogP contribution in [0.25, 0.3) is 10.6 Å². The summed E-state index contributed by atoms with van der Waals surface area (Å²) >= 11 is 1.66. The average Bonchev–Trinajstić information content (AvgIpc) is 3.09. The van der Waals surface area contributed by atoms with Crippen molar-refractivity contribution in [3.63, 3.8) is 0 Å². The van der Waals surface area contributed by atoms with Gasteiger partial charge in [0.15, 0.2) is 0 Å². The van der Waals surface area contributed by atoms with E-state index >= 15 is 0 Å². The molecule has 2 heterocycles. The molecule has 0 aliphatic rings. The molecule has 3 aromatic rings. The monoisotopic (exact) mass is 352 g/mol. The number of aromatic nitrogens is 2. The number of carbonyl (C=O) groups excluding carboxylic acids is 1. The van der Waals surface area contributed by atoms with Gasteiger partial charge in [-0.25, -0.2) is 4.98 Å². The van der Waals surface area contributed by atoms with Gasteiger partial charge in [0.1, 0.15) is 10.7 Å². The third-order valence-corrected chi connectivity index (χ3v) is 4.75. The fourth-order valence-corrected chi connectivity index (χ4v) is 3.15. The maximum absolute atomic E-state index is 12.0. The minimum atomic E-state index is -0.108. The number of carbonyl (C=O) groups is 1. The van der Waals surface area contributed by atoms with E-state index < -0.39 is 0 Å². The lowest BCUT2D eigenvalue weighted by Crippen LogP contribution is -2.22. The maximum Gasteiger partial charge on any atom is 0.272 e. The SMILES string of the molecule is Cc1ccc(-c2ncc(CNc3ccnc(C(=O)N(C)C)c3)s2)cc1. The summed E-state index contributed by atoms with van der Waals surface area (Å²) in [4.78, 5) is 23.3. The average molecular weight is 352 g/mol. The minimum absolute atomic E-state index is 0.108. The lowest BCUT2D eigenvalue weighted by molar-refractivity contribution is 0.0822. The predicted octanol–water partition coefficient (Wildman–Crippen LogP) is 3.83. The highest BCUT2D eigenvalue weighted by atomic mass is 32.1. The first-order valence-electron chi connectivity index (χ1n) is 7.96. The van der Waals surface area contributed by atoms with Crippen LogP contribution >= 0.6 is 11.3 Å². The number of hydrogen-bond acceptors (Lipinski definition) is 5. The number of rotatable bonds is 5.